The number of primary amides is 1. The standard InChI is InChI=1S/C19H22N2O2/c1-21(15-6-2-3-7-15)16-9-11-17(12-10-16)23-18-8-4-5-14(13-18)19(20)22/h4-5,8-13,15H,2-3,6-7H2,1H3,(H2,20,22). The summed E-state index contributed by atoms with van der Waals surface area (Å²) in [6, 6.07) is 15.6. The van der Waals surface area contributed by atoms with Crippen molar-refractivity contribution in [1.82, 2.24) is 0 Å². The van der Waals surface area contributed by atoms with Crippen molar-refractivity contribution in [3.8, 4) is 11.5 Å². The van der Waals surface area contributed by atoms with Crippen LogP contribution in [0, 0.1) is 0 Å². The van der Waals surface area contributed by atoms with Crippen molar-refractivity contribution < 1.29 is 9.53 Å². The summed E-state index contributed by atoms with van der Waals surface area (Å²) in [6.07, 6.45) is 5.20. The number of amides is 1. The van der Waals surface area contributed by atoms with Gasteiger partial charge in [0, 0.05) is 24.3 Å². The van der Waals surface area contributed by atoms with E-state index in [2.05, 4.69) is 24.1 Å². The molecule has 1 amide bonds. The highest BCUT2D eigenvalue weighted by atomic mass is 16.5. The summed E-state index contributed by atoms with van der Waals surface area (Å²) < 4.78 is 5.80. The number of carbonyl (C=O) groups excluding carboxylic acids is 1. The molecule has 0 heterocycles. The molecule has 120 valence electrons. The molecular weight excluding hydrogens is 288 g/mol. The number of rotatable bonds is 5. The first-order chi connectivity index (χ1) is 11.1. The smallest absolute Gasteiger partial charge is 0.248 e. The van der Waals surface area contributed by atoms with Crippen LogP contribution in [0.2, 0.25) is 0 Å². The molecule has 0 spiro atoms. The number of hydrogen-bond donors (Lipinski definition) is 1. The van der Waals surface area contributed by atoms with E-state index in [9.17, 15) is 4.79 Å². The third kappa shape index (κ3) is 3.65. The minimum absolute atomic E-state index is 0.445. The van der Waals surface area contributed by atoms with Crippen LogP contribution in [0.4, 0.5) is 5.69 Å². The third-order valence-electron chi connectivity index (χ3n) is 4.47. The Morgan fingerprint density at radius 2 is 1.78 bits per heavy atom. The maximum Gasteiger partial charge on any atom is 0.248 e. The van der Waals surface area contributed by atoms with E-state index in [4.69, 9.17) is 10.5 Å². The summed E-state index contributed by atoms with van der Waals surface area (Å²) in [7, 11) is 2.15. The van der Waals surface area contributed by atoms with E-state index in [1.165, 1.54) is 31.4 Å². The van der Waals surface area contributed by atoms with Gasteiger partial charge in [-0.05, 0) is 55.3 Å². The average Bonchev–Trinajstić information content (AvgIpc) is 3.09. The SMILES string of the molecule is CN(c1ccc(Oc2cccc(C(N)=O)c2)cc1)C1CCCC1. The van der Waals surface area contributed by atoms with Gasteiger partial charge in [-0.2, -0.15) is 0 Å². The highest BCUT2D eigenvalue weighted by Gasteiger charge is 2.19. The lowest BCUT2D eigenvalue weighted by Crippen LogP contribution is -2.28. The van der Waals surface area contributed by atoms with Crippen molar-refractivity contribution >= 4 is 11.6 Å². The summed E-state index contributed by atoms with van der Waals surface area (Å²) in [5.74, 6) is 0.900. The topological polar surface area (TPSA) is 55.6 Å². The van der Waals surface area contributed by atoms with Crippen molar-refractivity contribution in [1.29, 1.82) is 0 Å². The monoisotopic (exact) mass is 310 g/mol. The van der Waals surface area contributed by atoms with Gasteiger partial charge in [-0.15, -0.1) is 0 Å². The van der Waals surface area contributed by atoms with Crippen molar-refractivity contribution in [2.24, 2.45) is 5.73 Å². The fourth-order valence-electron chi connectivity index (χ4n) is 3.10. The summed E-state index contributed by atoms with van der Waals surface area (Å²) in [6.45, 7) is 0. The number of ether oxygens (including phenoxy) is 1. The molecule has 23 heavy (non-hydrogen) atoms. The van der Waals surface area contributed by atoms with Gasteiger partial charge in [0.05, 0.1) is 0 Å². The Balaban J connectivity index is 1.70. The van der Waals surface area contributed by atoms with Crippen LogP contribution in [-0.4, -0.2) is 19.0 Å². The normalized spacial score (nSPS) is 14.7. The minimum Gasteiger partial charge on any atom is -0.457 e. The number of anilines is 1. The molecule has 1 saturated carbocycles. The van der Waals surface area contributed by atoms with Crippen molar-refractivity contribution in [3.05, 3.63) is 54.1 Å². The van der Waals surface area contributed by atoms with Gasteiger partial charge in [0.2, 0.25) is 5.91 Å². The molecule has 0 aromatic heterocycles. The van der Waals surface area contributed by atoms with Gasteiger partial charge in [-0.25, -0.2) is 0 Å². The van der Waals surface area contributed by atoms with E-state index in [1.807, 2.05) is 18.2 Å². The number of hydrogen-bond acceptors (Lipinski definition) is 3. The molecule has 0 unspecified atom stereocenters. The summed E-state index contributed by atoms with van der Waals surface area (Å²) in [5.41, 5.74) is 6.94. The number of carbonyl (C=O) groups is 1. The minimum atomic E-state index is -0.455. The molecule has 3 rings (SSSR count). The van der Waals surface area contributed by atoms with Gasteiger partial charge < -0.3 is 15.4 Å². The van der Waals surface area contributed by atoms with Gasteiger partial charge >= 0.3 is 0 Å². The molecule has 1 aliphatic carbocycles. The number of nitrogens with zero attached hydrogens (tertiary/aromatic N) is 1. The van der Waals surface area contributed by atoms with Crippen LogP contribution < -0.4 is 15.4 Å². The van der Waals surface area contributed by atoms with Gasteiger partial charge in [-0.3, -0.25) is 4.79 Å². The summed E-state index contributed by atoms with van der Waals surface area (Å²) in [4.78, 5) is 13.6. The molecule has 0 aliphatic heterocycles. The number of nitrogens with two attached hydrogens (primary N) is 1. The Morgan fingerprint density at radius 1 is 1.09 bits per heavy atom. The lowest BCUT2D eigenvalue weighted by atomic mass is 10.2. The fourth-order valence-corrected chi connectivity index (χ4v) is 3.10. The molecule has 2 N–H and O–H groups in total. The molecule has 0 bridgehead atoms. The van der Waals surface area contributed by atoms with Crippen molar-refractivity contribution in [3.63, 3.8) is 0 Å². The van der Waals surface area contributed by atoms with Crippen molar-refractivity contribution in [2.75, 3.05) is 11.9 Å². The first-order valence-corrected chi connectivity index (χ1v) is 8.04. The van der Waals surface area contributed by atoms with E-state index in [0.717, 1.165) is 5.75 Å². The molecule has 0 radical (unpaired) electrons. The van der Waals surface area contributed by atoms with E-state index < -0.39 is 5.91 Å². The third-order valence-corrected chi connectivity index (χ3v) is 4.47. The van der Waals surface area contributed by atoms with Crippen LogP contribution in [0.25, 0.3) is 0 Å². The Labute approximate surface area is 136 Å². The Bertz CT molecular complexity index is 676. The van der Waals surface area contributed by atoms with Crippen LogP contribution in [-0.2, 0) is 0 Å². The Hall–Kier alpha value is -2.49. The fraction of sp³-hybridized carbons (Fsp3) is 0.316. The lowest BCUT2D eigenvalue weighted by Gasteiger charge is -2.26. The highest BCUT2D eigenvalue weighted by Crippen LogP contribution is 2.29. The summed E-state index contributed by atoms with van der Waals surface area (Å²) in [5, 5.41) is 0. The van der Waals surface area contributed by atoms with Gasteiger partial charge in [0.15, 0.2) is 0 Å². The van der Waals surface area contributed by atoms with Crippen LogP contribution in [0.5, 0.6) is 11.5 Å². The van der Waals surface area contributed by atoms with E-state index in [-0.39, 0.29) is 0 Å². The maximum absolute atomic E-state index is 11.2. The molecule has 4 heteroatoms. The van der Waals surface area contributed by atoms with Gasteiger partial charge in [0.1, 0.15) is 11.5 Å². The van der Waals surface area contributed by atoms with Crippen molar-refractivity contribution in [2.45, 2.75) is 31.7 Å². The largest absolute Gasteiger partial charge is 0.457 e. The van der Waals surface area contributed by atoms with Crippen LogP contribution in [0.1, 0.15) is 36.0 Å². The quantitative estimate of drug-likeness (QED) is 0.909. The van der Waals surface area contributed by atoms with E-state index in [0.29, 0.717) is 17.4 Å². The first-order valence-electron chi connectivity index (χ1n) is 8.04. The zero-order chi connectivity index (χ0) is 16.2. The maximum atomic E-state index is 11.2. The second-order valence-corrected chi connectivity index (χ2v) is 6.04. The summed E-state index contributed by atoms with van der Waals surface area (Å²) >= 11 is 0. The Morgan fingerprint density at radius 3 is 2.43 bits per heavy atom. The lowest BCUT2D eigenvalue weighted by molar-refractivity contribution is 0.1000. The molecule has 1 fully saturated rings. The second kappa shape index (κ2) is 6.73. The number of benzene rings is 2. The highest BCUT2D eigenvalue weighted by molar-refractivity contribution is 5.93. The van der Waals surface area contributed by atoms with Gasteiger partial charge in [0.25, 0.3) is 0 Å². The van der Waals surface area contributed by atoms with Crippen LogP contribution in [0.3, 0.4) is 0 Å². The predicted octanol–water partition coefficient (Wildman–Crippen LogP) is 3.96. The van der Waals surface area contributed by atoms with Crippen LogP contribution in [0.15, 0.2) is 48.5 Å². The molecule has 2 aromatic carbocycles. The molecule has 0 atom stereocenters. The predicted molar refractivity (Wildman–Crippen MR) is 92.1 cm³/mol. The first kappa shape index (κ1) is 15.4. The molecule has 2 aromatic rings. The average molecular weight is 310 g/mol. The Kier molecular flexibility index (Phi) is 4.51. The van der Waals surface area contributed by atoms with Gasteiger partial charge in [-0.1, -0.05) is 18.9 Å². The molecule has 4 nitrogen and oxygen atoms in total. The molecule has 0 saturated heterocycles. The van der Waals surface area contributed by atoms with E-state index in [1.54, 1.807) is 18.2 Å². The zero-order valence-electron chi connectivity index (χ0n) is 13.4. The van der Waals surface area contributed by atoms with E-state index >= 15 is 0 Å². The van der Waals surface area contributed by atoms with Crippen LogP contribution >= 0.6 is 0 Å². The second-order valence-electron chi connectivity index (χ2n) is 6.04. The molecule has 1 aliphatic rings. The molecular formula is C19H22N2O2. The zero-order valence-corrected chi connectivity index (χ0v) is 13.4.